The Labute approximate surface area is 172 Å². The van der Waals surface area contributed by atoms with Gasteiger partial charge in [0.25, 0.3) is 0 Å². The van der Waals surface area contributed by atoms with Gasteiger partial charge in [0.05, 0.1) is 12.7 Å². The van der Waals surface area contributed by atoms with Crippen LogP contribution in [0.15, 0.2) is 51.7 Å². The summed E-state index contributed by atoms with van der Waals surface area (Å²) in [5, 5.41) is 13.0. The topological polar surface area (TPSA) is 102 Å². The zero-order valence-corrected chi connectivity index (χ0v) is 16.8. The smallest absolute Gasteiger partial charge is 0.338 e. The van der Waals surface area contributed by atoms with Gasteiger partial charge in [-0.25, -0.2) is 9.78 Å². The summed E-state index contributed by atoms with van der Waals surface area (Å²) in [7, 11) is 3.12. The van der Waals surface area contributed by atoms with Crippen molar-refractivity contribution >= 4 is 22.8 Å². The molecule has 30 heavy (non-hydrogen) atoms. The number of nitrogens with zero attached hydrogens (tertiary/aromatic N) is 1. The van der Waals surface area contributed by atoms with Gasteiger partial charge in [-0.1, -0.05) is 31.2 Å². The lowest BCUT2D eigenvalue weighted by molar-refractivity contribution is 0.0698. The van der Waals surface area contributed by atoms with Crippen molar-refractivity contribution in [3.8, 4) is 28.3 Å². The van der Waals surface area contributed by atoms with E-state index in [1.54, 1.807) is 37.4 Å². The van der Waals surface area contributed by atoms with Gasteiger partial charge in [0.15, 0.2) is 11.3 Å². The second-order valence-corrected chi connectivity index (χ2v) is 6.79. The highest BCUT2D eigenvalue weighted by Crippen LogP contribution is 2.38. The van der Waals surface area contributed by atoms with E-state index in [2.05, 4.69) is 10.3 Å². The number of aryl methyl sites for hydroxylation is 1. The summed E-state index contributed by atoms with van der Waals surface area (Å²) in [6.07, 6.45) is 0.832. The number of methoxy groups -OCH3 is 1. The average molecular weight is 404 g/mol. The van der Waals surface area contributed by atoms with Gasteiger partial charge >= 0.3 is 5.97 Å². The molecule has 1 aliphatic carbocycles. The molecule has 0 aromatic heterocycles. The first kappa shape index (κ1) is 19.4. The van der Waals surface area contributed by atoms with Crippen molar-refractivity contribution in [1.82, 2.24) is 4.98 Å². The summed E-state index contributed by atoms with van der Waals surface area (Å²) in [4.78, 5) is 30.0. The van der Waals surface area contributed by atoms with E-state index in [-0.39, 0.29) is 28.3 Å². The number of fused-ring (bicyclic) bond motifs is 2. The molecule has 4 rings (SSSR count). The molecule has 0 bridgehead atoms. The summed E-state index contributed by atoms with van der Waals surface area (Å²) in [6.45, 7) is 2.02. The van der Waals surface area contributed by atoms with Gasteiger partial charge in [-0.05, 0) is 29.7 Å². The van der Waals surface area contributed by atoms with Crippen LogP contribution in [0.1, 0.15) is 22.8 Å². The van der Waals surface area contributed by atoms with Crippen molar-refractivity contribution in [2.75, 3.05) is 19.5 Å². The Kier molecular flexibility index (Phi) is 4.87. The number of carbonyl (C=O) groups is 1. The van der Waals surface area contributed by atoms with Crippen LogP contribution in [0.2, 0.25) is 0 Å². The molecule has 2 aromatic carbocycles. The number of hydrogen-bond donors (Lipinski definition) is 2. The third kappa shape index (κ3) is 3.04. The molecule has 0 radical (unpaired) electrons. The number of nitrogens with one attached hydrogen (secondary N) is 1. The Morgan fingerprint density at radius 3 is 2.53 bits per heavy atom. The molecule has 0 fully saturated rings. The Morgan fingerprint density at radius 1 is 1.20 bits per heavy atom. The molecule has 1 heterocycles. The number of aromatic carboxylic acids is 1. The van der Waals surface area contributed by atoms with Crippen molar-refractivity contribution in [1.29, 1.82) is 0 Å². The van der Waals surface area contributed by atoms with E-state index in [0.29, 0.717) is 16.7 Å². The number of hydrogen-bond acceptors (Lipinski definition) is 6. The zero-order chi connectivity index (χ0) is 21.4. The molecule has 7 nitrogen and oxygen atoms in total. The molecule has 152 valence electrons. The van der Waals surface area contributed by atoms with Crippen LogP contribution in [-0.2, 0) is 6.42 Å². The predicted molar refractivity (Wildman–Crippen MR) is 115 cm³/mol. The molecular formula is C23H20N2O5. The van der Waals surface area contributed by atoms with Crippen molar-refractivity contribution in [2.24, 2.45) is 0 Å². The molecule has 0 unspecified atom stereocenters. The third-order valence-electron chi connectivity index (χ3n) is 5.10. The molecule has 2 aromatic rings. The maximum absolute atomic E-state index is 13.3. The average Bonchev–Trinajstić information content (AvgIpc) is 2.76. The molecule has 0 saturated carbocycles. The molecule has 0 spiro atoms. The molecule has 1 aliphatic heterocycles. The lowest BCUT2D eigenvalue weighted by Gasteiger charge is -2.16. The highest BCUT2D eigenvalue weighted by Gasteiger charge is 2.31. The fraction of sp³-hybridized carbons (Fsp3) is 0.174. The van der Waals surface area contributed by atoms with Crippen molar-refractivity contribution in [2.45, 2.75) is 13.3 Å². The van der Waals surface area contributed by atoms with E-state index in [1.165, 1.54) is 7.11 Å². The molecule has 2 N–H and O–H groups in total. The van der Waals surface area contributed by atoms with E-state index in [0.717, 1.165) is 17.7 Å². The maximum Gasteiger partial charge on any atom is 0.338 e. The highest BCUT2D eigenvalue weighted by atomic mass is 16.5. The van der Waals surface area contributed by atoms with Gasteiger partial charge in [-0.15, -0.1) is 0 Å². The molecule has 2 aliphatic rings. The van der Waals surface area contributed by atoms with Crippen molar-refractivity contribution < 1.29 is 19.1 Å². The van der Waals surface area contributed by atoms with Crippen LogP contribution < -0.4 is 15.5 Å². The Bertz CT molecular complexity index is 1290. The summed E-state index contributed by atoms with van der Waals surface area (Å²) >= 11 is 0. The fourth-order valence-electron chi connectivity index (χ4n) is 3.52. The Morgan fingerprint density at radius 2 is 1.93 bits per heavy atom. The second kappa shape index (κ2) is 7.51. The van der Waals surface area contributed by atoms with E-state index in [9.17, 15) is 14.7 Å². The van der Waals surface area contributed by atoms with Crippen LogP contribution in [-0.4, -0.2) is 30.2 Å². The quantitative estimate of drug-likeness (QED) is 0.479. The maximum atomic E-state index is 13.3. The van der Waals surface area contributed by atoms with E-state index in [1.807, 2.05) is 19.1 Å². The molecular weight excluding hydrogens is 384 g/mol. The van der Waals surface area contributed by atoms with Gasteiger partial charge in [0, 0.05) is 18.8 Å². The zero-order valence-electron chi connectivity index (χ0n) is 16.8. The number of aromatic nitrogens is 1. The van der Waals surface area contributed by atoms with Crippen LogP contribution in [0, 0.1) is 0 Å². The van der Waals surface area contributed by atoms with E-state index >= 15 is 0 Å². The van der Waals surface area contributed by atoms with Crippen LogP contribution in [0.25, 0.3) is 33.7 Å². The van der Waals surface area contributed by atoms with E-state index in [4.69, 9.17) is 9.15 Å². The fourth-order valence-corrected chi connectivity index (χ4v) is 3.52. The van der Waals surface area contributed by atoms with Crippen LogP contribution >= 0.6 is 0 Å². The van der Waals surface area contributed by atoms with Gasteiger partial charge in [-0.3, -0.25) is 4.79 Å². The summed E-state index contributed by atoms with van der Waals surface area (Å²) < 4.78 is 11.3. The predicted octanol–water partition coefficient (Wildman–Crippen LogP) is 4.27. The molecule has 0 amide bonds. The first-order valence-electron chi connectivity index (χ1n) is 9.47. The molecule has 7 heteroatoms. The first-order valence-corrected chi connectivity index (χ1v) is 9.47. The minimum atomic E-state index is -1.26. The number of anilines is 1. The van der Waals surface area contributed by atoms with Crippen molar-refractivity contribution in [3.63, 3.8) is 0 Å². The van der Waals surface area contributed by atoms with Crippen molar-refractivity contribution in [3.05, 3.63) is 63.8 Å². The first-order chi connectivity index (χ1) is 14.5. The Balaban J connectivity index is 2.14. The van der Waals surface area contributed by atoms with E-state index < -0.39 is 11.4 Å². The summed E-state index contributed by atoms with van der Waals surface area (Å²) in [5.41, 5.74) is 2.57. The van der Waals surface area contributed by atoms with Crippen LogP contribution in [0.4, 0.5) is 5.69 Å². The Hall–Kier alpha value is -3.87. The SMILES string of the molecule is CCc1ccc(-c2c(C(=O)O)c3nc4ccc(NC)cc4oc-3c(OC)c2=O)cc1. The largest absolute Gasteiger partial charge is 0.490 e. The summed E-state index contributed by atoms with van der Waals surface area (Å²) in [6, 6.07) is 12.5. The standard InChI is InChI=1S/C23H20N2O5/c1-4-12-5-7-13(8-6-12)17-18(23(27)28)19-21(22(29-3)20(17)26)30-16-11-14(24-2)9-10-15(16)25-19/h5-11,24H,4H2,1-3H3,(H,27,28). The number of rotatable bonds is 5. The van der Waals surface area contributed by atoms with Gasteiger partial charge < -0.3 is 19.6 Å². The highest BCUT2D eigenvalue weighted by molar-refractivity contribution is 6.04. The summed E-state index contributed by atoms with van der Waals surface area (Å²) in [5.74, 6) is -1.33. The van der Waals surface area contributed by atoms with Gasteiger partial charge in [0.1, 0.15) is 16.8 Å². The number of ether oxygens (including phenoxy) is 1. The normalized spacial score (nSPS) is 11.0. The monoisotopic (exact) mass is 404 g/mol. The van der Waals surface area contributed by atoms with Crippen LogP contribution in [0.5, 0.6) is 5.75 Å². The minimum absolute atomic E-state index is 0.00887. The number of carboxylic acids is 1. The lowest BCUT2D eigenvalue weighted by Crippen LogP contribution is -2.18. The number of carboxylic acid groups (broad SMARTS) is 1. The third-order valence-corrected chi connectivity index (χ3v) is 5.10. The number of benzene rings is 3. The second-order valence-electron chi connectivity index (χ2n) is 6.79. The van der Waals surface area contributed by atoms with Crippen LogP contribution in [0.3, 0.4) is 0 Å². The van der Waals surface area contributed by atoms with Gasteiger partial charge in [-0.2, -0.15) is 0 Å². The minimum Gasteiger partial charge on any atom is -0.490 e. The molecule has 0 atom stereocenters. The van der Waals surface area contributed by atoms with Gasteiger partial charge in [0.2, 0.25) is 11.2 Å². The lowest BCUT2D eigenvalue weighted by atomic mass is 9.93. The molecule has 0 saturated heterocycles.